The number of nitrogens with one attached hydrogen (secondary N) is 1. The highest BCUT2D eigenvalue weighted by Gasteiger charge is 2.32. The molecule has 1 atom stereocenters. The summed E-state index contributed by atoms with van der Waals surface area (Å²) in [4.78, 5) is 17.1. The second kappa shape index (κ2) is 7.18. The monoisotopic (exact) mass is 383 g/mol. The Morgan fingerprint density at radius 3 is 2.62 bits per heavy atom. The van der Waals surface area contributed by atoms with Crippen molar-refractivity contribution in [1.82, 2.24) is 9.88 Å². The van der Waals surface area contributed by atoms with Crippen molar-refractivity contribution in [2.24, 2.45) is 0 Å². The average molecular weight is 383 g/mol. The Hall–Kier alpha value is -3.44. The minimum Gasteiger partial charge on any atom is -0.357 e. The van der Waals surface area contributed by atoms with Gasteiger partial charge in [0.2, 0.25) is 0 Å². The molecular formula is C24H21N3O2. The number of aromatic nitrogens is 1. The van der Waals surface area contributed by atoms with Crippen molar-refractivity contribution in [3.05, 3.63) is 111 Å². The lowest BCUT2D eigenvalue weighted by atomic mass is 9.91. The Labute approximate surface area is 168 Å². The standard InChI is InChI=1S/C24H21N3O2/c28-27(29)19-10-6-9-18(15-19)24-23-21(20-11-4-5-12-22(20)25-23)13-14-26(24)16-17-7-2-1-3-8-17/h1-12,15,24-25H,13-14,16H2. The molecule has 5 nitrogen and oxygen atoms in total. The van der Waals surface area contributed by atoms with Gasteiger partial charge >= 0.3 is 0 Å². The smallest absolute Gasteiger partial charge is 0.269 e. The number of hydrogen-bond donors (Lipinski definition) is 1. The van der Waals surface area contributed by atoms with Crippen LogP contribution in [0.5, 0.6) is 0 Å². The van der Waals surface area contributed by atoms with Crippen LogP contribution in [-0.2, 0) is 13.0 Å². The number of para-hydroxylation sites is 1. The first-order valence-corrected chi connectivity index (χ1v) is 9.82. The van der Waals surface area contributed by atoms with Crippen LogP contribution < -0.4 is 0 Å². The number of rotatable bonds is 4. The maximum Gasteiger partial charge on any atom is 0.269 e. The van der Waals surface area contributed by atoms with Gasteiger partial charge in [-0.05, 0) is 29.2 Å². The van der Waals surface area contributed by atoms with E-state index in [4.69, 9.17) is 0 Å². The van der Waals surface area contributed by atoms with Crippen LogP contribution in [0.3, 0.4) is 0 Å². The fourth-order valence-electron chi connectivity index (χ4n) is 4.46. The van der Waals surface area contributed by atoms with Crippen molar-refractivity contribution in [3.63, 3.8) is 0 Å². The van der Waals surface area contributed by atoms with Crippen molar-refractivity contribution in [3.8, 4) is 0 Å². The lowest BCUT2D eigenvalue weighted by Gasteiger charge is -2.36. The molecule has 1 aromatic heterocycles. The molecule has 1 unspecified atom stereocenters. The van der Waals surface area contributed by atoms with Crippen molar-refractivity contribution >= 4 is 16.6 Å². The van der Waals surface area contributed by atoms with Gasteiger partial charge in [-0.25, -0.2) is 0 Å². The first-order chi connectivity index (χ1) is 14.2. The van der Waals surface area contributed by atoms with Gasteiger partial charge in [0, 0.05) is 41.8 Å². The summed E-state index contributed by atoms with van der Waals surface area (Å²) in [5, 5.41) is 12.6. The van der Waals surface area contributed by atoms with Crippen LogP contribution >= 0.6 is 0 Å². The lowest BCUT2D eigenvalue weighted by Crippen LogP contribution is -2.35. The van der Waals surface area contributed by atoms with Gasteiger partial charge in [0.15, 0.2) is 0 Å². The Bertz CT molecular complexity index is 1180. The van der Waals surface area contributed by atoms with Gasteiger partial charge in [-0.15, -0.1) is 0 Å². The molecule has 0 bridgehead atoms. The third-order valence-corrected chi connectivity index (χ3v) is 5.76. The van der Waals surface area contributed by atoms with E-state index in [1.165, 1.54) is 16.5 Å². The van der Waals surface area contributed by atoms with E-state index in [2.05, 4.69) is 52.3 Å². The van der Waals surface area contributed by atoms with Crippen LogP contribution in [0.4, 0.5) is 5.69 Å². The first kappa shape index (κ1) is 17.6. The van der Waals surface area contributed by atoms with Crippen LogP contribution in [0, 0.1) is 10.1 Å². The van der Waals surface area contributed by atoms with Crippen LogP contribution in [-0.4, -0.2) is 21.4 Å². The molecule has 0 fully saturated rings. The summed E-state index contributed by atoms with van der Waals surface area (Å²) in [6.45, 7) is 1.69. The molecule has 2 heterocycles. The lowest BCUT2D eigenvalue weighted by molar-refractivity contribution is -0.384. The molecule has 144 valence electrons. The number of fused-ring (bicyclic) bond motifs is 3. The van der Waals surface area contributed by atoms with E-state index in [0.717, 1.165) is 36.3 Å². The molecule has 0 saturated carbocycles. The molecule has 0 spiro atoms. The third kappa shape index (κ3) is 3.19. The maximum atomic E-state index is 11.4. The van der Waals surface area contributed by atoms with Crippen molar-refractivity contribution in [2.45, 2.75) is 19.0 Å². The molecule has 1 aliphatic rings. The average Bonchev–Trinajstić information content (AvgIpc) is 3.13. The number of nitro benzene ring substituents is 1. The summed E-state index contributed by atoms with van der Waals surface area (Å²) >= 11 is 0. The highest BCUT2D eigenvalue weighted by atomic mass is 16.6. The molecular weight excluding hydrogens is 362 g/mol. The second-order valence-corrected chi connectivity index (χ2v) is 7.52. The predicted octanol–water partition coefficient (Wildman–Crippen LogP) is 5.22. The largest absolute Gasteiger partial charge is 0.357 e. The molecule has 1 aliphatic heterocycles. The van der Waals surface area contributed by atoms with Gasteiger partial charge in [0.05, 0.1) is 11.0 Å². The SMILES string of the molecule is O=[N+]([O-])c1cccc(C2c3[nH]c4ccccc4c3CCN2Cc2ccccc2)c1. The first-order valence-electron chi connectivity index (χ1n) is 9.82. The Balaban J connectivity index is 1.64. The molecule has 5 heteroatoms. The van der Waals surface area contributed by atoms with Crippen molar-refractivity contribution < 1.29 is 4.92 Å². The number of benzene rings is 3. The molecule has 0 radical (unpaired) electrons. The topological polar surface area (TPSA) is 62.2 Å². The van der Waals surface area contributed by atoms with Gasteiger partial charge < -0.3 is 4.98 Å². The number of nitro groups is 1. The summed E-state index contributed by atoms with van der Waals surface area (Å²) in [6.07, 6.45) is 0.956. The minimum atomic E-state index is -0.319. The van der Waals surface area contributed by atoms with Gasteiger partial charge in [-0.3, -0.25) is 15.0 Å². The van der Waals surface area contributed by atoms with E-state index in [1.807, 2.05) is 18.2 Å². The van der Waals surface area contributed by atoms with E-state index >= 15 is 0 Å². The maximum absolute atomic E-state index is 11.4. The number of non-ortho nitro benzene ring substituents is 1. The molecule has 1 N–H and O–H groups in total. The van der Waals surface area contributed by atoms with Crippen LogP contribution in [0.1, 0.15) is 28.4 Å². The van der Waals surface area contributed by atoms with E-state index < -0.39 is 0 Å². The summed E-state index contributed by atoms with van der Waals surface area (Å²) in [5.41, 5.74) is 5.90. The highest BCUT2D eigenvalue weighted by Crippen LogP contribution is 2.39. The summed E-state index contributed by atoms with van der Waals surface area (Å²) in [5.74, 6) is 0. The Morgan fingerprint density at radius 1 is 1.00 bits per heavy atom. The molecule has 5 rings (SSSR count). The molecule has 29 heavy (non-hydrogen) atoms. The normalized spacial score (nSPS) is 16.6. The zero-order valence-corrected chi connectivity index (χ0v) is 15.9. The minimum absolute atomic E-state index is 0.0498. The van der Waals surface area contributed by atoms with E-state index in [1.54, 1.807) is 18.2 Å². The molecule has 3 aromatic carbocycles. The van der Waals surface area contributed by atoms with Gasteiger partial charge in [0.1, 0.15) is 0 Å². The van der Waals surface area contributed by atoms with Crippen LogP contribution in [0.2, 0.25) is 0 Å². The Morgan fingerprint density at radius 2 is 1.79 bits per heavy atom. The van der Waals surface area contributed by atoms with Crippen molar-refractivity contribution in [1.29, 1.82) is 0 Å². The number of H-pyrrole nitrogens is 1. The second-order valence-electron chi connectivity index (χ2n) is 7.52. The Kier molecular flexibility index (Phi) is 4.37. The van der Waals surface area contributed by atoms with Gasteiger partial charge in [0.25, 0.3) is 5.69 Å². The number of nitrogens with zero attached hydrogens (tertiary/aromatic N) is 2. The number of aromatic amines is 1. The molecule has 0 aliphatic carbocycles. The predicted molar refractivity (Wildman–Crippen MR) is 114 cm³/mol. The zero-order valence-electron chi connectivity index (χ0n) is 15.9. The summed E-state index contributed by atoms with van der Waals surface area (Å²) in [6, 6.07) is 25.7. The van der Waals surface area contributed by atoms with E-state index in [-0.39, 0.29) is 16.7 Å². The highest BCUT2D eigenvalue weighted by molar-refractivity contribution is 5.85. The fourth-order valence-corrected chi connectivity index (χ4v) is 4.46. The van der Waals surface area contributed by atoms with E-state index in [9.17, 15) is 10.1 Å². The molecule has 4 aromatic rings. The fraction of sp³-hybridized carbons (Fsp3) is 0.167. The third-order valence-electron chi connectivity index (χ3n) is 5.76. The zero-order chi connectivity index (χ0) is 19.8. The summed E-state index contributed by atoms with van der Waals surface area (Å²) < 4.78 is 0. The molecule has 0 saturated heterocycles. The van der Waals surface area contributed by atoms with Gasteiger partial charge in [-0.2, -0.15) is 0 Å². The van der Waals surface area contributed by atoms with E-state index in [0.29, 0.717) is 0 Å². The molecule has 0 amide bonds. The quantitative estimate of drug-likeness (QED) is 0.388. The van der Waals surface area contributed by atoms with Crippen molar-refractivity contribution in [2.75, 3.05) is 6.54 Å². The van der Waals surface area contributed by atoms with Crippen LogP contribution in [0.15, 0.2) is 78.9 Å². The summed E-state index contributed by atoms with van der Waals surface area (Å²) in [7, 11) is 0. The van der Waals surface area contributed by atoms with Gasteiger partial charge in [-0.1, -0.05) is 60.7 Å². The number of hydrogen-bond acceptors (Lipinski definition) is 3. The van der Waals surface area contributed by atoms with Crippen LogP contribution in [0.25, 0.3) is 10.9 Å².